The molecule has 0 unspecified atom stereocenters. The van der Waals surface area contributed by atoms with Crippen molar-refractivity contribution in [1.29, 1.82) is 0 Å². The summed E-state index contributed by atoms with van der Waals surface area (Å²) < 4.78 is 28.8. The summed E-state index contributed by atoms with van der Waals surface area (Å²) in [6.07, 6.45) is 1.76. The van der Waals surface area contributed by atoms with E-state index in [9.17, 15) is 18.7 Å². The molecule has 0 aliphatic carbocycles. The minimum Gasteiger partial charge on any atom is -0.478 e. The molecule has 0 aliphatic heterocycles. The van der Waals surface area contributed by atoms with Crippen LogP contribution in [-0.2, 0) is 0 Å². The van der Waals surface area contributed by atoms with Crippen LogP contribution in [0.4, 0.5) is 8.78 Å². The van der Waals surface area contributed by atoms with E-state index in [1.165, 1.54) is 18.2 Å². The fraction of sp³-hybridized carbons (Fsp3) is 0.0500. The quantitative estimate of drug-likeness (QED) is 0.534. The van der Waals surface area contributed by atoms with E-state index in [2.05, 4.69) is 10.2 Å². The largest absolute Gasteiger partial charge is 0.478 e. The number of carboxylic acids is 1. The van der Waals surface area contributed by atoms with Crippen molar-refractivity contribution >= 4 is 23.4 Å². The first-order valence-electron chi connectivity index (χ1n) is 8.24. The number of hydrogen-bond acceptors (Lipinski definition) is 4. The standard InChI is InChI=1S/C20H13F2N3O2S/c1-11-8-12(2-5-15(11)20(26)27)19-24-23-18-7-4-14(10-25(18)19)28-17-6-3-13(21)9-16(17)22/h2-10H,1H3,(H,26,27). The average molecular weight is 397 g/mol. The number of carbonyl (C=O) groups is 1. The summed E-state index contributed by atoms with van der Waals surface area (Å²) in [5.41, 5.74) is 2.14. The molecule has 8 heteroatoms. The molecule has 0 saturated heterocycles. The summed E-state index contributed by atoms with van der Waals surface area (Å²) in [7, 11) is 0. The van der Waals surface area contributed by atoms with Gasteiger partial charge in [-0.25, -0.2) is 13.6 Å². The predicted molar refractivity (Wildman–Crippen MR) is 101 cm³/mol. The summed E-state index contributed by atoms with van der Waals surface area (Å²) in [4.78, 5) is 12.2. The number of halogens is 2. The van der Waals surface area contributed by atoms with Crippen LogP contribution in [0.15, 0.2) is 64.5 Å². The summed E-state index contributed by atoms with van der Waals surface area (Å²) in [5.74, 6) is -1.71. The smallest absolute Gasteiger partial charge is 0.335 e. The molecule has 0 amide bonds. The van der Waals surface area contributed by atoms with Crippen molar-refractivity contribution in [2.24, 2.45) is 0 Å². The summed E-state index contributed by atoms with van der Waals surface area (Å²) >= 11 is 1.16. The van der Waals surface area contributed by atoms with Gasteiger partial charge in [0.2, 0.25) is 0 Å². The molecule has 1 N–H and O–H groups in total. The van der Waals surface area contributed by atoms with Gasteiger partial charge in [-0.3, -0.25) is 4.40 Å². The normalized spacial score (nSPS) is 11.1. The highest BCUT2D eigenvalue weighted by Gasteiger charge is 2.13. The second kappa shape index (κ2) is 7.05. The number of rotatable bonds is 4. The molecular weight excluding hydrogens is 384 g/mol. The minimum absolute atomic E-state index is 0.223. The number of aromatic carboxylic acids is 1. The zero-order valence-corrected chi connectivity index (χ0v) is 15.4. The highest BCUT2D eigenvalue weighted by Crippen LogP contribution is 2.31. The lowest BCUT2D eigenvalue weighted by molar-refractivity contribution is 0.0696. The summed E-state index contributed by atoms with van der Waals surface area (Å²) in [6, 6.07) is 11.9. The van der Waals surface area contributed by atoms with E-state index in [1.54, 1.807) is 41.8 Å². The average Bonchev–Trinajstić information content (AvgIpc) is 3.07. The summed E-state index contributed by atoms with van der Waals surface area (Å²) in [6.45, 7) is 1.72. The topological polar surface area (TPSA) is 67.5 Å². The van der Waals surface area contributed by atoms with E-state index in [1.807, 2.05) is 0 Å². The molecule has 5 nitrogen and oxygen atoms in total. The Bertz CT molecular complexity index is 1220. The SMILES string of the molecule is Cc1cc(-c2nnc3ccc(Sc4ccc(F)cc4F)cn23)ccc1C(=O)O. The Morgan fingerprint density at radius 3 is 2.61 bits per heavy atom. The Hall–Kier alpha value is -3.26. The number of benzene rings is 2. The molecular formula is C20H13F2N3O2S. The van der Waals surface area contributed by atoms with Gasteiger partial charge in [0.15, 0.2) is 11.5 Å². The molecule has 2 aromatic carbocycles. The van der Waals surface area contributed by atoms with Gasteiger partial charge < -0.3 is 5.11 Å². The lowest BCUT2D eigenvalue weighted by Crippen LogP contribution is -2.00. The Morgan fingerprint density at radius 1 is 1.07 bits per heavy atom. The van der Waals surface area contributed by atoms with Gasteiger partial charge in [-0.05, 0) is 48.9 Å². The van der Waals surface area contributed by atoms with Crippen molar-refractivity contribution in [3.8, 4) is 11.4 Å². The van der Waals surface area contributed by atoms with Gasteiger partial charge in [0.05, 0.1) is 5.56 Å². The van der Waals surface area contributed by atoms with Gasteiger partial charge in [0.25, 0.3) is 0 Å². The van der Waals surface area contributed by atoms with Crippen molar-refractivity contribution in [2.45, 2.75) is 16.7 Å². The van der Waals surface area contributed by atoms with Crippen molar-refractivity contribution in [3.63, 3.8) is 0 Å². The maximum atomic E-state index is 13.9. The van der Waals surface area contributed by atoms with Crippen molar-refractivity contribution in [2.75, 3.05) is 0 Å². The second-order valence-electron chi connectivity index (χ2n) is 6.13. The monoisotopic (exact) mass is 397 g/mol. The van der Waals surface area contributed by atoms with E-state index in [4.69, 9.17) is 0 Å². The van der Waals surface area contributed by atoms with Gasteiger partial charge in [-0.15, -0.1) is 10.2 Å². The van der Waals surface area contributed by atoms with E-state index in [0.717, 1.165) is 22.7 Å². The zero-order chi connectivity index (χ0) is 19.8. The van der Waals surface area contributed by atoms with E-state index in [0.29, 0.717) is 27.5 Å². The summed E-state index contributed by atoms with van der Waals surface area (Å²) in [5, 5.41) is 17.5. The third-order valence-corrected chi connectivity index (χ3v) is 5.24. The number of hydrogen-bond donors (Lipinski definition) is 1. The number of carboxylic acid groups (broad SMARTS) is 1. The second-order valence-corrected chi connectivity index (χ2v) is 7.24. The van der Waals surface area contributed by atoms with Gasteiger partial charge in [-0.2, -0.15) is 0 Å². The molecule has 2 aromatic heterocycles. The van der Waals surface area contributed by atoms with Crippen LogP contribution in [0.1, 0.15) is 15.9 Å². The molecule has 0 atom stereocenters. The molecule has 28 heavy (non-hydrogen) atoms. The van der Waals surface area contributed by atoms with Crippen LogP contribution in [0, 0.1) is 18.6 Å². The van der Waals surface area contributed by atoms with Crippen LogP contribution in [-0.4, -0.2) is 25.7 Å². The van der Waals surface area contributed by atoms with E-state index in [-0.39, 0.29) is 5.56 Å². The molecule has 0 spiro atoms. The lowest BCUT2D eigenvalue weighted by Gasteiger charge is -2.07. The first-order valence-corrected chi connectivity index (χ1v) is 9.06. The van der Waals surface area contributed by atoms with Crippen LogP contribution >= 0.6 is 11.8 Å². The van der Waals surface area contributed by atoms with Crippen molar-refractivity contribution in [3.05, 3.63) is 77.5 Å². The number of nitrogens with zero attached hydrogens (tertiary/aromatic N) is 3. The molecule has 0 bridgehead atoms. The van der Waals surface area contributed by atoms with Gasteiger partial charge in [0.1, 0.15) is 11.6 Å². The maximum absolute atomic E-state index is 13.9. The van der Waals surface area contributed by atoms with Gasteiger partial charge in [-0.1, -0.05) is 17.8 Å². The molecule has 4 aromatic rings. The van der Waals surface area contributed by atoms with Crippen LogP contribution in [0.5, 0.6) is 0 Å². The van der Waals surface area contributed by atoms with Gasteiger partial charge >= 0.3 is 5.97 Å². The van der Waals surface area contributed by atoms with Crippen LogP contribution in [0.25, 0.3) is 17.0 Å². The van der Waals surface area contributed by atoms with E-state index >= 15 is 0 Å². The lowest BCUT2D eigenvalue weighted by atomic mass is 10.0. The Kier molecular flexibility index (Phi) is 4.56. The van der Waals surface area contributed by atoms with Crippen molar-refractivity contribution < 1.29 is 18.7 Å². The number of fused-ring (bicyclic) bond motifs is 1. The number of aromatic nitrogens is 3. The van der Waals surface area contributed by atoms with E-state index < -0.39 is 17.6 Å². The van der Waals surface area contributed by atoms with Crippen LogP contribution in [0.2, 0.25) is 0 Å². The third-order valence-electron chi connectivity index (χ3n) is 4.21. The Balaban J connectivity index is 1.74. The van der Waals surface area contributed by atoms with Crippen LogP contribution in [0.3, 0.4) is 0 Å². The zero-order valence-electron chi connectivity index (χ0n) is 14.6. The molecule has 0 saturated carbocycles. The third kappa shape index (κ3) is 3.34. The highest BCUT2D eigenvalue weighted by molar-refractivity contribution is 7.99. The number of aryl methyl sites for hydroxylation is 1. The molecule has 140 valence electrons. The molecule has 2 heterocycles. The first-order chi connectivity index (χ1) is 13.4. The minimum atomic E-state index is -0.991. The fourth-order valence-corrected chi connectivity index (χ4v) is 3.70. The Morgan fingerprint density at radius 2 is 1.89 bits per heavy atom. The number of pyridine rings is 1. The molecule has 0 radical (unpaired) electrons. The maximum Gasteiger partial charge on any atom is 0.335 e. The molecule has 0 fully saturated rings. The fourth-order valence-electron chi connectivity index (χ4n) is 2.86. The Labute approximate surface area is 162 Å². The van der Waals surface area contributed by atoms with Gasteiger partial charge in [0, 0.05) is 27.6 Å². The molecule has 0 aliphatic rings. The molecule has 4 rings (SSSR count). The van der Waals surface area contributed by atoms with Crippen molar-refractivity contribution in [1.82, 2.24) is 14.6 Å². The highest BCUT2D eigenvalue weighted by atomic mass is 32.2. The first kappa shape index (κ1) is 18.1. The van der Waals surface area contributed by atoms with Crippen LogP contribution < -0.4 is 0 Å². The predicted octanol–water partition coefficient (Wildman–Crippen LogP) is 4.83.